The molecule has 31 heavy (non-hydrogen) atoms. The normalized spacial score (nSPS) is 13.8. The number of halogens is 1. The molecule has 0 heterocycles. The van der Waals surface area contributed by atoms with E-state index in [0.29, 0.717) is 16.8 Å². The number of carbonyl (C=O) groups excluding carboxylic acids is 1. The molecule has 1 atom stereocenters. The van der Waals surface area contributed by atoms with Crippen molar-refractivity contribution in [1.29, 1.82) is 0 Å². The van der Waals surface area contributed by atoms with Crippen molar-refractivity contribution >= 4 is 42.0 Å². The predicted octanol–water partition coefficient (Wildman–Crippen LogP) is 3.83. The molecule has 0 saturated carbocycles. The number of carbonyl (C=O) groups is 1. The molecule has 3 rings (SSSR count). The summed E-state index contributed by atoms with van der Waals surface area (Å²) in [5.41, 5.74) is -0.117. The van der Waals surface area contributed by atoms with Crippen molar-refractivity contribution < 1.29 is 22.9 Å². The first-order chi connectivity index (χ1) is 14.7. The van der Waals surface area contributed by atoms with Gasteiger partial charge in [-0.1, -0.05) is 0 Å². The van der Waals surface area contributed by atoms with Crippen molar-refractivity contribution in [1.82, 2.24) is 2.94 Å². The molecule has 0 spiro atoms. The van der Waals surface area contributed by atoms with Crippen molar-refractivity contribution in [2.45, 2.75) is 12.5 Å². The van der Waals surface area contributed by atoms with Gasteiger partial charge in [0.25, 0.3) is 0 Å². The quantitative estimate of drug-likeness (QED) is 0.146. The monoisotopic (exact) mass is 554 g/mol. The van der Waals surface area contributed by atoms with Crippen LogP contribution in [0.4, 0.5) is 5.69 Å². The van der Waals surface area contributed by atoms with Gasteiger partial charge in [0.2, 0.25) is 0 Å². The number of aliphatic hydroxyl groups is 1. The Kier molecular flexibility index (Phi) is 7.44. The van der Waals surface area contributed by atoms with E-state index in [4.69, 9.17) is 0 Å². The number of nitrogens with one attached hydrogen (secondary N) is 2. The van der Waals surface area contributed by atoms with E-state index < -0.39 is 36.0 Å². The second-order valence-corrected chi connectivity index (χ2v) is 13.5. The van der Waals surface area contributed by atoms with Crippen LogP contribution < -0.4 is 8.25 Å². The summed E-state index contributed by atoms with van der Waals surface area (Å²) in [4.78, 5) is 12.6. The fourth-order valence-corrected chi connectivity index (χ4v) is 10.3. The maximum atomic E-state index is 12.6. The first kappa shape index (κ1) is 23.4. The van der Waals surface area contributed by atoms with Crippen LogP contribution in [0, 0.1) is 3.57 Å². The summed E-state index contributed by atoms with van der Waals surface area (Å²) >= 11 is -2.79. The van der Waals surface area contributed by atoms with Gasteiger partial charge in [0, 0.05) is 0 Å². The third-order valence-electron chi connectivity index (χ3n) is 4.37. The fraction of sp³-hybridized carbons (Fsp3) is 0.136. The van der Waals surface area contributed by atoms with Crippen LogP contribution in [0.5, 0.6) is 0 Å². The van der Waals surface area contributed by atoms with Gasteiger partial charge in [-0.05, 0) is 0 Å². The van der Waals surface area contributed by atoms with Gasteiger partial charge in [-0.3, -0.25) is 0 Å². The number of alkyl halides is 1. The zero-order valence-corrected chi connectivity index (χ0v) is 19.7. The number of hydrogen-bond acceptors (Lipinski definition) is 4. The van der Waals surface area contributed by atoms with Crippen LogP contribution in [0.1, 0.15) is 22.8 Å². The molecule has 0 aromatic heterocycles. The van der Waals surface area contributed by atoms with Crippen molar-refractivity contribution in [2.24, 2.45) is 0 Å². The molecule has 0 aliphatic rings. The Balaban J connectivity index is 1.91. The van der Waals surface area contributed by atoms with Crippen LogP contribution in [0.15, 0.2) is 84.9 Å². The summed E-state index contributed by atoms with van der Waals surface area (Å²) in [6.45, 7) is 1.57. The van der Waals surface area contributed by atoms with Gasteiger partial charge in [0.05, 0.1) is 0 Å². The van der Waals surface area contributed by atoms with E-state index in [2.05, 4.69) is 8.25 Å². The molecule has 0 aliphatic heterocycles. The summed E-state index contributed by atoms with van der Waals surface area (Å²) in [7, 11) is -4.45. The Labute approximate surface area is 189 Å². The third-order valence-corrected chi connectivity index (χ3v) is 12.5. The zero-order chi connectivity index (χ0) is 22.5. The summed E-state index contributed by atoms with van der Waals surface area (Å²) in [5, 5.41) is 14.2. The second kappa shape index (κ2) is 9.88. The predicted molar refractivity (Wildman–Crippen MR) is 129 cm³/mol. The molecule has 0 fully saturated rings. The molecule has 3 aromatic carbocycles. The number of anilines is 1. The van der Waals surface area contributed by atoms with Crippen LogP contribution in [-0.4, -0.2) is 28.4 Å². The zero-order valence-electron chi connectivity index (χ0n) is 16.7. The maximum absolute atomic E-state index is 12.6. The molecular formula is C22H23IN2O5S. The number of hydrogen-bond donors (Lipinski definition) is 4. The Hall–Kier alpha value is -2.31. The summed E-state index contributed by atoms with van der Waals surface area (Å²) in [5.74, 6) is -0.321. The first-order valence-electron chi connectivity index (χ1n) is 9.30. The number of para-hydroxylation sites is 1. The van der Waals surface area contributed by atoms with Gasteiger partial charge in [0.15, 0.2) is 0 Å². The molecular weight excluding hydrogens is 531 g/mol. The third kappa shape index (κ3) is 6.58. The van der Waals surface area contributed by atoms with Crippen LogP contribution >= 0.6 is 20.1 Å². The van der Waals surface area contributed by atoms with Crippen molar-refractivity contribution in [2.75, 3.05) is 9.74 Å². The molecule has 0 saturated heterocycles. The Bertz CT molecular complexity index is 1140. The van der Waals surface area contributed by atoms with Gasteiger partial charge in [-0.25, -0.2) is 0 Å². The van der Waals surface area contributed by atoms with Crippen LogP contribution in [0.3, 0.4) is 0 Å². The average molecular weight is 554 g/mol. The van der Waals surface area contributed by atoms with Crippen molar-refractivity contribution in [3.63, 3.8) is 0 Å². The molecule has 0 radical (unpaired) electrons. The number of rotatable bonds is 8. The molecule has 1 unspecified atom stereocenters. The van der Waals surface area contributed by atoms with E-state index in [1.807, 2.05) is 6.07 Å². The number of amides is 1. The van der Waals surface area contributed by atoms with Gasteiger partial charge in [-0.2, -0.15) is 0 Å². The first-order valence-corrected chi connectivity index (χ1v) is 14.4. The number of benzene rings is 3. The van der Waals surface area contributed by atoms with Crippen LogP contribution in [0.25, 0.3) is 0 Å². The van der Waals surface area contributed by atoms with Gasteiger partial charge < -0.3 is 0 Å². The topological polar surface area (TPSA) is 116 Å². The Morgan fingerprint density at radius 1 is 0.935 bits per heavy atom. The molecule has 4 N–H and O–H groups in total. The summed E-state index contributed by atoms with van der Waals surface area (Å²) in [6, 6.07) is 24.4. The van der Waals surface area contributed by atoms with Crippen molar-refractivity contribution in [3.05, 3.63) is 99.6 Å². The average Bonchev–Trinajstić information content (AvgIpc) is 2.73. The van der Waals surface area contributed by atoms with Gasteiger partial charge in [0.1, 0.15) is 0 Å². The fourth-order valence-electron chi connectivity index (χ4n) is 3.01. The van der Waals surface area contributed by atoms with E-state index in [1.165, 1.54) is 0 Å². The van der Waals surface area contributed by atoms with E-state index in [0.717, 1.165) is 3.57 Å². The molecule has 7 nitrogen and oxygen atoms in total. The SMILES string of the molecule is CC(O)(CI(NS(=O)(=O)O)c1ccccc1)c1ccccc1NC(=O)c1ccccc1. The molecule has 3 aromatic rings. The summed E-state index contributed by atoms with van der Waals surface area (Å²) in [6.07, 6.45) is 0. The van der Waals surface area contributed by atoms with E-state index in [1.54, 1.807) is 85.8 Å². The molecule has 0 bridgehead atoms. The Morgan fingerprint density at radius 2 is 1.48 bits per heavy atom. The molecule has 9 heteroatoms. The van der Waals surface area contributed by atoms with Crippen LogP contribution in [-0.2, 0) is 15.9 Å². The standard InChI is InChI=1S/C22H23IN2O5S/c1-22(27,16-23(25-31(28,29)30)18-12-6-3-7-13-18)19-14-8-9-15-20(19)24-21(26)17-10-4-2-5-11-17/h2-15,25,27H,16H2,1H3,(H,24,26)(H,28,29,30). The van der Waals surface area contributed by atoms with E-state index >= 15 is 0 Å². The van der Waals surface area contributed by atoms with Gasteiger partial charge in [-0.15, -0.1) is 0 Å². The van der Waals surface area contributed by atoms with E-state index in [-0.39, 0.29) is 10.3 Å². The van der Waals surface area contributed by atoms with E-state index in [9.17, 15) is 22.9 Å². The van der Waals surface area contributed by atoms with Crippen LogP contribution in [0.2, 0.25) is 0 Å². The molecule has 164 valence electrons. The minimum absolute atomic E-state index is 0.0684. The summed E-state index contributed by atoms with van der Waals surface area (Å²) < 4.78 is 35.6. The van der Waals surface area contributed by atoms with Gasteiger partial charge >= 0.3 is 190 Å². The minimum atomic E-state index is -4.45. The molecule has 1 amide bonds. The second-order valence-electron chi connectivity index (χ2n) is 6.98. The Morgan fingerprint density at radius 3 is 2.10 bits per heavy atom. The molecule has 0 aliphatic carbocycles. The van der Waals surface area contributed by atoms with Crippen molar-refractivity contribution in [3.8, 4) is 0 Å².